The number of hydrogen-bond acceptors (Lipinski definition) is 4. The van der Waals surface area contributed by atoms with Gasteiger partial charge in [-0.15, -0.1) is 0 Å². The van der Waals surface area contributed by atoms with Crippen LogP contribution in [0.25, 0.3) is 11.1 Å². The average Bonchev–Trinajstić information content (AvgIpc) is 2.77. The lowest BCUT2D eigenvalue weighted by molar-refractivity contribution is 0.101. The fourth-order valence-electron chi connectivity index (χ4n) is 3.22. The Labute approximate surface area is 182 Å². The van der Waals surface area contributed by atoms with Gasteiger partial charge in [0, 0.05) is 25.0 Å². The molecule has 3 rings (SSSR count). The van der Waals surface area contributed by atoms with Gasteiger partial charge in [-0.3, -0.25) is 14.4 Å². The van der Waals surface area contributed by atoms with E-state index >= 15 is 0 Å². The maximum absolute atomic E-state index is 14.1. The van der Waals surface area contributed by atoms with E-state index in [1.54, 1.807) is 6.92 Å². The highest BCUT2D eigenvalue weighted by Gasteiger charge is 2.23. The van der Waals surface area contributed by atoms with Crippen LogP contribution in [0.5, 0.6) is 5.75 Å². The normalized spacial score (nSPS) is 10.5. The fraction of sp³-hybridized carbons (Fsp3) is 0.125. The van der Waals surface area contributed by atoms with E-state index in [9.17, 15) is 23.2 Å². The third-order valence-electron chi connectivity index (χ3n) is 4.67. The lowest BCUT2D eigenvalue weighted by Gasteiger charge is -2.15. The minimum atomic E-state index is -0.796. The number of pyridine rings is 1. The van der Waals surface area contributed by atoms with E-state index in [-0.39, 0.29) is 40.4 Å². The zero-order chi connectivity index (χ0) is 23.4. The fourth-order valence-corrected chi connectivity index (χ4v) is 3.22. The molecule has 0 atom stereocenters. The molecule has 6 nitrogen and oxygen atoms in total. The number of anilines is 1. The Balaban J connectivity index is 2.09. The van der Waals surface area contributed by atoms with Gasteiger partial charge in [0.05, 0.1) is 12.2 Å². The van der Waals surface area contributed by atoms with E-state index in [2.05, 4.69) is 11.9 Å². The Bertz CT molecular complexity index is 1260. The van der Waals surface area contributed by atoms with Gasteiger partial charge in [-0.1, -0.05) is 18.7 Å². The molecule has 0 radical (unpaired) electrons. The zero-order valence-corrected chi connectivity index (χ0v) is 17.4. The molecule has 3 aromatic rings. The van der Waals surface area contributed by atoms with E-state index in [0.717, 1.165) is 24.3 Å². The number of benzene rings is 2. The van der Waals surface area contributed by atoms with Gasteiger partial charge >= 0.3 is 0 Å². The van der Waals surface area contributed by atoms with E-state index in [1.807, 2.05) is 0 Å². The van der Waals surface area contributed by atoms with Crippen molar-refractivity contribution in [3.05, 3.63) is 94.4 Å². The Morgan fingerprint density at radius 2 is 1.84 bits per heavy atom. The number of nitrogens with zero attached hydrogens (tertiary/aromatic N) is 1. The summed E-state index contributed by atoms with van der Waals surface area (Å²) < 4.78 is 34.0. The van der Waals surface area contributed by atoms with Crippen molar-refractivity contribution < 1.29 is 23.1 Å². The van der Waals surface area contributed by atoms with Crippen LogP contribution < -0.4 is 15.5 Å². The molecule has 0 unspecified atom stereocenters. The first kappa shape index (κ1) is 22.6. The van der Waals surface area contributed by atoms with Crippen LogP contribution in [0.4, 0.5) is 14.5 Å². The second-order valence-electron chi connectivity index (χ2n) is 6.81. The van der Waals surface area contributed by atoms with Gasteiger partial charge in [0.2, 0.25) is 11.2 Å². The van der Waals surface area contributed by atoms with Crippen LogP contribution >= 0.6 is 0 Å². The van der Waals surface area contributed by atoms with Crippen LogP contribution in [0.15, 0.2) is 66.1 Å². The van der Waals surface area contributed by atoms with E-state index in [0.29, 0.717) is 0 Å². The van der Waals surface area contributed by atoms with Crippen LogP contribution in [0.1, 0.15) is 27.8 Å². The molecule has 32 heavy (non-hydrogen) atoms. The Morgan fingerprint density at radius 1 is 1.16 bits per heavy atom. The molecule has 1 N–H and O–H groups in total. The summed E-state index contributed by atoms with van der Waals surface area (Å²) >= 11 is 0. The summed E-state index contributed by atoms with van der Waals surface area (Å²) in [5.74, 6) is -2.49. The van der Waals surface area contributed by atoms with Crippen LogP contribution in [-0.2, 0) is 7.05 Å². The number of hydrogen-bond donors (Lipinski definition) is 1. The van der Waals surface area contributed by atoms with Crippen molar-refractivity contribution in [1.82, 2.24) is 4.57 Å². The van der Waals surface area contributed by atoms with Crippen LogP contribution in [0.2, 0.25) is 0 Å². The first-order valence-corrected chi connectivity index (χ1v) is 9.66. The minimum Gasteiger partial charge on any atom is -0.491 e. The van der Waals surface area contributed by atoms with Gasteiger partial charge < -0.3 is 14.6 Å². The topological polar surface area (TPSA) is 77.4 Å². The molecular weight excluding hydrogens is 418 g/mol. The van der Waals surface area contributed by atoms with E-state index in [1.165, 1.54) is 42.1 Å². The van der Waals surface area contributed by atoms with Gasteiger partial charge in [0.25, 0.3) is 5.91 Å². The minimum absolute atomic E-state index is 0.000250. The number of carbonyl (C=O) groups excluding carboxylic acids is 2. The predicted molar refractivity (Wildman–Crippen MR) is 117 cm³/mol. The molecule has 2 aromatic carbocycles. The number of nitrogens with one attached hydrogen (secondary N) is 1. The van der Waals surface area contributed by atoms with Crippen molar-refractivity contribution in [1.29, 1.82) is 0 Å². The third-order valence-corrected chi connectivity index (χ3v) is 4.67. The summed E-state index contributed by atoms with van der Waals surface area (Å²) in [5, 5.41) is 2.47. The molecule has 1 amide bonds. The number of ketones is 1. The number of halogens is 2. The molecule has 0 saturated carbocycles. The second-order valence-corrected chi connectivity index (χ2v) is 6.81. The summed E-state index contributed by atoms with van der Waals surface area (Å²) in [6, 6.07) is 8.85. The van der Waals surface area contributed by atoms with Crippen molar-refractivity contribution in [2.24, 2.45) is 7.05 Å². The summed E-state index contributed by atoms with van der Waals surface area (Å²) in [6.07, 6.45) is 2.26. The van der Waals surface area contributed by atoms with Crippen LogP contribution in [-0.4, -0.2) is 22.9 Å². The second kappa shape index (κ2) is 9.38. The maximum Gasteiger partial charge on any atom is 0.261 e. The molecule has 164 valence electrons. The number of aryl methyl sites for hydroxylation is 1. The number of amides is 1. The highest BCUT2D eigenvalue weighted by molar-refractivity contribution is 6.10. The lowest BCUT2D eigenvalue weighted by Crippen LogP contribution is -2.27. The van der Waals surface area contributed by atoms with Crippen molar-refractivity contribution in [2.45, 2.75) is 6.92 Å². The average molecular weight is 438 g/mol. The van der Waals surface area contributed by atoms with Crippen LogP contribution in [0.3, 0.4) is 0 Å². The number of allylic oxidation sites excluding steroid dienone is 1. The molecule has 0 saturated heterocycles. The van der Waals surface area contributed by atoms with Crippen molar-refractivity contribution in [2.75, 3.05) is 11.9 Å². The monoisotopic (exact) mass is 438 g/mol. The first-order chi connectivity index (χ1) is 15.3. The molecule has 0 spiro atoms. The quantitative estimate of drug-likeness (QED) is 0.440. The van der Waals surface area contributed by atoms with Crippen molar-refractivity contribution >= 4 is 17.4 Å². The SMILES string of the molecule is C=CC(=O)c1c(-c2ccc(F)cc2)c(=O)c(C(=O)Nc2ccc(OCC)c(F)c2)cn1C. The number of carbonyl (C=O) groups is 2. The summed E-state index contributed by atoms with van der Waals surface area (Å²) in [4.78, 5) is 38.5. The van der Waals surface area contributed by atoms with Gasteiger partial charge in [-0.05, 0) is 42.8 Å². The largest absolute Gasteiger partial charge is 0.491 e. The smallest absolute Gasteiger partial charge is 0.261 e. The molecule has 0 aliphatic carbocycles. The molecule has 0 aliphatic heterocycles. The number of rotatable bonds is 7. The van der Waals surface area contributed by atoms with Crippen molar-refractivity contribution in [3.63, 3.8) is 0 Å². The summed E-state index contributed by atoms with van der Waals surface area (Å²) in [7, 11) is 1.50. The molecular formula is C24H20F2N2O4. The van der Waals surface area contributed by atoms with Crippen LogP contribution in [0, 0.1) is 11.6 Å². The molecule has 0 bridgehead atoms. The molecule has 8 heteroatoms. The highest BCUT2D eigenvalue weighted by Crippen LogP contribution is 2.24. The summed E-state index contributed by atoms with van der Waals surface area (Å²) in [5.41, 5.74) is -0.694. The first-order valence-electron chi connectivity index (χ1n) is 9.66. The van der Waals surface area contributed by atoms with E-state index in [4.69, 9.17) is 4.74 Å². The predicted octanol–water partition coefficient (Wildman–Crippen LogP) is 4.35. The van der Waals surface area contributed by atoms with Gasteiger partial charge in [0.15, 0.2) is 11.6 Å². The van der Waals surface area contributed by atoms with Gasteiger partial charge in [-0.25, -0.2) is 8.78 Å². The van der Waals surface area contributed by atoms with Crippen molar-refractivity contribution in [3.8, 4) is 16.9 Å². The standard InChI is InChI=1S/C24H20F2N2O4/c1-4-19(29)22-21(14-6-8-15(25)9-7-14)23(30)17(13-28(22)3)24(31)27-16-10-11-20(32-5-2)18(26)12-16/h4,6-13H,1,5H2,2-3H3,(H,27,31). The molecule has 0 fully saturated rings. The number of ether oxygens (including phenoxy) is 1. The lowest BCUT2D eigenvalue weighted by atomic mass is 9.98. The molecule has 0 aliphatic rings. The maximum atomic E-state index is 14.1. The van der Waals surface area contributed by atoms with Gasteiger partial charge in [0.1, 0.15) is 17.1 Å². The Morgan fingerprint density at radius 3 is 2.44 bits per heavy atom. The van der Waals surface area contributed by atoms with E-state index < -0.39 is 28.8 Å². The molecule has 1 aromatic heterocycles. The Kier molecular flexibility index (Phi) is 6.63. The Hall–Kier alpha value is -4.07. The summed E-state index contributed by atoms with van der Waals surface area (Å²) in [6.45, 7) is 5.44. The number of aromatic nitrogens is 1. The third kappa shape index (κ3) is 4.49. The highest BCUT2D eigenvalue weighted by atomic mass is 19.1. The van der Waals surface area contributed by atoms with Gasteiger partial charge in [-0.2, -0.15) is 0 Å². The zero-order valence-electron chi connectivity index (χ0n) is 17.4. The molecule has 1 heterocycles.